The molecule has 2 saturated heterocycles. The van der Waals surface area contributed by atoms with Gasteiger partial charge in [0.1, 0.15) is 0 Å². The maximum Gasteiger partial charge on any atom is 0.279 e. The van der Waals surface area contributed by atoms with Crippen molar-refractivity contribution in [2.24, 2.45) is 4.99 Å². The number of amides is 1. The number of rotatable bonds is 5. The molecule has 8 heteroatoms. The number of hydrogen-bond acceptors (Lipinski definition) is 5. The number of aliphatic imine (C=N–C) groups is 1. The standard InChI is InChI=1S/C23H27N3O3S2/c1-4-25(5-2)18-11-12-19(16(3)13-18)26-20-14-31(28,29)15-21(20)30-23(26)24-22(27)17-9-7-6-8-10-17/h6-13,20-21H,4-5,14-15H2,1-3H3/t20-,21+/m1/s1. The molecule has 2 fully saturated rings. The number of sulfone groups is 1. The Kier molecular flexibility index (Phi) is 6.12. The Morgan fingerprint density at radius 3 is 2.48 bits per heavy atom. The van der Waals surface area contributed by atoms with Gasteiger partial charge in [0.25, 0.3) is 5.91 Å². The van der Waals surface area contributed by atoms with Gasteiger partial charge in [-0.05, 0) is 56.7 Å². The molecule has 2 aromatic rings. The van der Waals surface area contributed by atoms with Gasteiger partial charge in [-0.1, -0.05) is 30.0 Å². The van der Waals surface area contributed by atoms with E-state index in [1.165, 1.54) is 11.8 Å². The summed E-state index contributed by atoms with van der Waals surface area (Å²) >= 11 is 1.40. The van der Waals surface area contributed by atoms with Crippen molar-refractivity contribution in [2.45, 2.75) is 32.1 Å². The second kappa shape index (κ2) is 8.67. The molecule has 2 aliphatic rings. The normalized spacial score (nSPS) is 23.2. The first kappa shape index (κ1) is 21.9. The average molecular weight is 458 g/mol. The van der Waals surface area contributed by atoms with Gasteiger partial charge in [-0.25, -0.2) is 8.42 Å². The Morgan fingerprint density at radius 1 is 1.13 bits per heavy atom. The van der Waals surface area contributed by atoms with Gasteiger partial charge in [-0.2, -0.15) is 4.99 Å². The van der Waals surface area contributed by atoms with E-state index < -0.39 is 9.84 Å². The minimum atomic E-state index is -3.10. The molecular formula is C23H27N3O3S2. The molecule has 2 atom stereocenters. The van der Waals surface area contributed by atoms with Crippen molar-refractivity contribution >= 4 is 44.0 Å². The maximum absolute atomic E-state index is 12.8. The third-order valence-corrected chi connectivity index (χ3v) is 9.06. The van der Waals surface area contributed by atoms with Crippen molar-refractivity contribution in [2.75, 3.05) is 34.4 Å². The first-order chi connectivity index (χ1) is 14.8. The van der Waals surface area contributed by atoms with Crippen LogP contribution in [0.15, 0.2) is 53.5 Å². The van der Waals surface area contributed by atoms with Gasteiger partial charge >= 0.3 is 0 Å². The number of benzene rings is 2. The van der Waals surface area contributed by atoms with Gasteiger partial charge in [0.05, 0.1) is 17.5 Å². The van der Waals surface area contributed by atoms with Gasteiger partial charge in [0.15, 0.2) is 15.0 Å². The maximum atomic E-state index is 12.8. The van der Waals surface area contributed by atoms with Crippen LogP contribution in [0.3, 0.4) is 0 Å². The lowest BCUT2D eigenvalue weighted by Gasteiger charge is -2.28. The van der Waals surface area contributed by atoms with Crippen molar-refractivity contribution in [1.82, 2.24) is 0 Å². The minimum absolute atomic E-state index is 0.0838. The molecule has 0 aromatic heterocycles. The van der Waals surface area contributed by atoms with Crippen molar-refractivity contribution in [3.63, 3.8) is 0 Å². The summed E-state index contributed by atoms with van der Waals surface area (Å²) in [7, 11) is -3.10. The molecule has 2 aliphatic heterocycles. The van der Waals surface area contributed by atoms with E-state index in [-0.39, 0.29) is 28.7 Å². The van der Waals surface area contributed by atoms with Crippen LogP contribution < -0.4 is 9.80 Å². The highest BCUT2D eigenvalue weighted by atomic mass is 32.2. The van der Waals surface area contributed by atoms with E-state index in [0.717, 1.165) is 30.0 Å². The molecule has 0 bridgehead atoms. The second-order valence-electron chi connectivity index (χ2n) is 7.88. The summed E-state index contributed by atoms with van der Waals surface area (Å²) in [4.78, 5) is 21.4. The molecule has 4 rings (SSSR count). The molecule has 2 aromatic carbocycles. The molecular weight excluding hydrogens is 430 g/mol. The smallest absolute Gasteiger partial charge is 0.279 e. The summed E-state index contributed by atoms with van der Waals surface area (Å²) in [6.45, 7) is 8.10. The summed E-state index contributed by atoms with van der Waals surface area (Å²) in [5, 5.41) is 0.464. The van der Waals surface area contributed by atoms with Crippen LogP contribution in [-0.4, -0.2) is 55.4 Å². The molecule has 0 saturated carbocycles. The van der Waals surface area contributed by atoms with E-state index in [1.807, 2.05) is 36.1 Å². The molecule has 31 heavy (non-hydrogen) atoms. The Hall–Kier alpha value is -2.32. The van der Waals surface area contributed by atoms with Crippen molar-refractivity contribution in [3.8, 4) is 0 Å². The van der Waals surface area contributed by atoms with Crippen LogP contribution in [0.4, 0.5) is 11.4 Å². The minimum Gasteiger partial charge on any atom is -0.372 e. The fraction of sp³-hybridized carbons (Fsp3) is 0.391. The van der Waals surface area contributed by atoms with E-state index in [9.17, 15) is 13.2 Å². The van der Waals surface area contributed by atoms with E-state index in [1.54, 1.807) is 12.1 Å². The van der Waals surface area contributed by atoms with Crippen molar-refractivity contribution in [3.05, 3.63) is 59.7 Å². The molecule has 1 amide bonds. The summed E-state index contributed by atoms with van der Waals surface area (Å²) in [5.41, 5.74) is 3.60. The van der Waals surface area contributed by atoms with E-state index in [2.05, 4.69) is 35.9 Å². The quantitative estimate of drug-likeness (QED) is 0.681. The number of nitrogens with zero attached hydrogens (tertiary/aromatic N) is 3. The molecule has 164 valence electrons. The van der Waals surface area contributed by atoms with Crippen molar-refractivity contribution < 1.29 is 13.2 Å². The van der Waals surface area contributed by atoms with Crippen LogP contribution in [0.2, 0.25) is 0 Å². The fourth-order valence-corrected chi connectivity index (χ4v) is 8.18. The number of anilines is 2. The second-order valence-corrected chi connectivity index (χ2v) is 11.2. The van der Waals surface area contributed by atoms with Crippen LogP contribution in [0.5, 0.6) is 0 Å². The largest absolute Gasteiger partial charge is 0.372 e. The third kappa shape index (κ3) is 4.36. The van der Waals surface area contributed by atoms with Crippen molar-refractivity contribution in [1.29, 1.82) is 0 Å². The van der Waals surface area contributed by atoms with Crippen LogP contribution in [-0.2, 0) is 9.84 Å². The molecule has 6 nitrogen and oxygen atoms in total. The zero-order chi connectivity index (χ0) is 22.2. The molecule has 0 N–H and O–H groups in total. The summed E-state index contributed by atoms with van der Waals surface area (Å²) < 4.78 is 24.6. The molecule has 0 radical (unpaired) electrons. The number of fused-ring (bicyclic) bond motifs is 1. The summed E-state index contributed by atoms with van der Waals surface area (Å²) in [6, 6.07) is 15.0. The first-order valence-electron chi connectivity index (χ1n) is 10.5. The zero-order valence-electron chi connectivity index (χ0n) is 18.0. The van der Waals surface area contributed by atoms with Gasteiger partial charge in [-0.15, -0.1) is 0 Å². The Morgan fingerprint density at radius 2 is 1.84 bits per heavy atom. The number of thioether (sulfide) groups is 1. The van der Waals surface area contributed by atoms with E-state index in [4.69, 9.17) is 0 Å². The zero-order valence-corrected chi connectivity index (χ0v) is 19.6. The number of hydrogen-bond donors (Lipinski definition) is 0. The van der Waals surface area contributed by atoms with Gasteiger partial charge in [-0.3, -0.25) is 4.79 Å². The first-order valence-corrected chi connectivity index (χ1v) is 13.2. The Labute approximate surface area is 188 Å². The van der Waals surface area contributed by atoms with Gasteiger partial charge < -0.3 is 9.80 Å². The Balaban J connectivity index is 1.74. The van der Waals surface area contributed by atoms with Crippen LogP contribution in [0.25, 0.3) is 0 Å². The third-order valence-electron chi connectivity index (χ3n) is 5.85. The van der Waals surface area contributed by atoms with Crippen LogP contribution in [0.1, 0.15) is 29.8 Å². The highest BCUT2D eigenvalue weighted by Gasteiger charge is 2.49. The monoisotopic (exact) mass is 457 g/mol. The van der Waals surface area contributed by atoms with E-state index in [0.29, 0.717) is 10.7 Å². The highest BCUT2D eigenvalue weighted by Crippen LogP contribution is 2.42. The number of carbonyl (C=O) groups excluding carboxylic acids is 1. The molecule has 2 heterocycles. The number of aryl methyl sites for hydroxylation is 1. The van der Waals surface area contributed by atoms with Crippen LogP contribution >= 0.6 is 11.8 Å². The average Bonchev–Trinajstić information content (AvgIpc) is 3.21. The molecule has 0 aliphatic carbocycles. The molecule has 0 unspecified atom stereocenters. The van der Waals surface area contributed by atoms with Gasteiger partial charge in [0, 0.05) is 35.3 Å². The highest BCUT2D eigenvalue weighted by molar-refractivity contribution is 8.16. The molecule has 0 spiro atoms. The SMILES string of the molecule is CCN(CC)c1ccc(N2C(=NC(=O)c3ccccc3)S[C@H]3CS(=O)(=O)C[C@H]32)c(C)c1. The number of amidine groups is 1. The van der Waals surface area contributed by atoms with Crippen LogP contribution in [0, 0.1) is 6.92 Å². The Bertz CT molecular complexity index is 1110. The predicted molar refractivity (Wildman–Crippen MR) is 129 cm³/mol. The lowest BCUT2D eigenvalue weighted by molar-refractivity contribution is 0.100. The summed E-state index contributed by atoms with van der Waals surface area (Å²) in [5.74, 6) is -0.109. The predicted octanol–water partition coefficient (Wildman–Crippen LogP) is 3.76. The lowest BCUT2D eigenvalue weighted by atomic mass is 10.1. The number of carbonyl (C=O) groups is 1. The fourth-order valence-electron chi connectivity index (χ4n) is 4.27. The van der Waals surface area contributed by atoms with E-state index >= 15 is 0 Å². The summed E-state index contributed by atoms with van der Waals surface area (Å²) in [6.07, 6.45) is 0. The topological polar surface area (TPSA) is 70.0 Å². The lowest BCUT2D eigenvalue weighted by Crippen LogP contribution is -2.38. The van der Waals surface area contributed by atoms with Gasteiger partial charge in [0.2, 0.25) is 0 Å².